The first-order chi connectivity index (χ1) is 13.7. The fourth-order valence-electron chi connectivity index (χ4n) is 4.11. The van der Waals surface area contributed by atoms with Crippen LogP contribution in [0.15, 0.2) is 30.7 Å². The van der Waals surface area contributed by atoms with Crippen LogP contribution in [0.4, 0.5) is 5.69 Å². The highest BCUT2D eigenvalue weighted by atomic mass is 16.6. The van der Waals surface area contributed by atoms with Crippen LogP contribution in [0.5, 0.6) is 0 Å². The summed E-state index contributed by atoms with van der Waals surface area (Å²) in [6, 6.07) is 4.12. The van der Waals surface area contributed by atoms with Gasteiger partial charge in [-0.05, 0) is 24.1 Å². The number of aromatic nitrogens is 3. The third-order valence-corrected chi connectivity index (χ3v) is 5.49. The number of fused-ring (bicyclic) bond motifs is 2. The van der Waals surface area contributed by atoms with Crippen LogP contribution in [-0.2, 0) is 27.1 Å². The summed E-state index contributed by atoms with van der Waals surface area (Å²) in [6.45, 7) is 4.33. The van der Waals surface area contributed by atoms with Crippen LogP contribution in [-0.4, -0.2) is 53.3 Å². The Balaban J connectivity index is 1.53. The van der Waals surface area contributed by atoms with Gasteiger partial charge in [-0.2, -0.15) is 0 Å². The number of nitrogens with one attached hydrogen (secondary N) is 1. The largest absolute Gasteiger partial charge is 0.376 e. The van der Waals surface area contributed by atoms with Crippen LogP contribution >= 0.6 is 0 Å². The van der Waals surface area contributed by atoms with Crippen molar-refractivity contribution < 1.29 is 14.3 Å². The second-order valence-electron chi connectivity index (χ2n) is 7.18. The van der Waals surface area contributed by atoms with Crippen LogP contribution in [0, 0.1) is 0 Å². The third-order valence-electron chi connectivity index (χ3n) is 5.49. The molecule has 0 aliphatic carbocycles. The molecule has 0 spiro atoms. The van der Waals surface area contributed by atoms with Crippen molar-refractivity contribution in [3.05, 3.63) is 42.0 Å². The SMILES string of the molecule is CCc1c(-c2cnc3c(c2)N(C[C@H]2COCCO2)C(=O)C3)cnc2[nH]ccc12. The molecule has 28 heavy (non-hydrogen) atoms. The van der Waals surface area contributed by atoms with Crippen molar-refractivity contribution in [1.29, 1.82) is 0 Å². The van der Waals surface area contributed by atoms with E-state index in [1.165, 1.54) is 5.56 Å². The topological polar surface area (TPSA) is 80.3 Å². The molecule has 0 unspecified atom stereocenters. The molecule has 2 aliphatic heterocycles. The molecule has 3 aromatic rings. The molecular formula is C21H22N4O3. The Hall–Kier alpha value is -2.77. The monoisotopic (exact) mass is 378 g/mol. The molecule has 7 nitrogen and oxygen atoms in total. The summed E-state index contributed by atoms with van der Waals surface area (Å²) in [5.41, 5.74) is 5.84. The number of ether oxygens (including phenoxy) is 2. The predicted octanol–water partition coefficient (Wildman–Crippen LogP) is 2.49. The molecule has 1 N–H and O–H groups in total. The van der Waals surface area contributed by atoms with E-state index in [1.807, 2.05) is 18.6 Å². The quantitative estimate of drug-likeness (QED) is 0.754. The van der Waals surface area contributed by atoms with Crippen molar-refractivity contribution >= 4 is 22.6 Å². The number of carbonyl (C=O) groups excluding carboxylic acids is 1. The first-order valence-electron chi connectivity index (χ1n) is 9.68. The van der Waals surface area contributed by atoms with Gasteiger partial charge in [0.05, 0.1) is 50.3 Å². The molecular weight excluding hydrogens is 356 g/mol. The van der Waals surface area contributed by atoms with Gasteiger partial charge in [0, 0.05) is 35.1 Å². The maximum absolute atomic E-state index is 12.6. The first-order valence-corrected chi connectivity index (χ1v) is 9.68. The number of H-pyrrole nitrogens is 1. The van der Waals surface area contributed by atoms with Crippen LogP contribution < -0.4 is 4.90 Å². The van der Waals surface area contributed by atoms with Crippen LogP contribution in [0.1, 0.15) is 18.2 Å². The molecule has 0 saturated carbocycles. The van der Waals surface area contributed by atoms with E-state index >= 15 is 0 Å². The Kier molecular flexibility index (Phi) is 4.33. The van der Waals surface area contributed by atoms with E-state index in [0.29, 0.717) is 32.8 Å². The summed E-state index contributed by atoms with van der Waals surface area (Å²) < 4.78 is 11.2. The van der Waals surface area contributed by atoms with E-state index < -0.39 is 0 Å². The third kappa shape index (κ3) is 2.87. The van der Waals surface area contributed by atoms with E-state index in [2.05, 4.69) is 34.0 Å². The van der Waals surface area contributed by atoms with Gasteiger partial charge < -0.3 is 19.4 Å². The highest BCUT2D eigenvalue weighted by molar-refractivity contribution is 6.01. The average Bonchev–Trinajstić information content (AvgIpc) is 3.32. The molecule has 5 rings (SSSR count). The number of hydrogen-bond donors (Lipinski definition) is 1. The van der Waals surface area contributed by atoms with Gasteiger partial charge in [-0.3, -0.25) is 9.78 Å². The summed E-state index contributed by atoms with van der Waals surface area (Å²) in [6.07, 6.45) is 6.77. The second-order valence-corrected chi connectivity index (χ2v) is 7.18. The highest BCUT2D eigenvalue weighted by Crippen LogP contribution is 2.35. The molecule has 0 aromatic carbocycles. The molecule has 0 bridgehead atoms. The average molecular weight is 378 g/mol. The highest BCUT2D eigenvalue weighted by Gasteiger charge is 2.32. The molecule has 0 radical (unpaired) electrons. The van der Waals surface area contributed by atoms with Gasteiger partial charge in [0.25, 0.3) is 0 Å². The fourth-order valence-corrected chi connectivity index (χ4v) is 4.11. The Morgan fingerprint density at radius 2 is 2.21 bits per heavy atom. The van der Waals surface area contributed by atoms with E-state index in [0.717, 1.165) is 40.0 Å². The van der Waals surface area contributed by atoms with Gasteiger partial charge in [-0.1, -0.05) is 6.92 Å². The number of amides is 1. The Morgan fingerprint density at radius 3 is 3.04 bits per heavy atom. The summed E-state index contributed by atoms with van der Waals surface area (Å²) in [5.74, 6) is 0.0590. The zero-order valence-corrected chi connectivity index (χ0v) is 15.8. The number of anilines is 1. The minimum Gasteiger partial charge on any atom is -0.376 e. The molecule has 1 fully saturated rings. The standard InChI is InChI=1S/C21H22N4O3/c1-2-15-16-3-4-22-21(16)24-10-17(15)13-7-19-18(23-9-13)8-20(26)25(19)11-14-12-27-5-6-28-14/h3-4,7,9-10,14H,2,5-6,8,11-12H2,1H3,(H,22,24)/t14-/m0/s1. The van der Waals surface area contributed by atoms with Crippen molar-refractivity contribution in [3.8, 4) is 11.1 Å². The zero-order valence-electron chi connectivity index (χ0n) is 15.8. The number of rotatable bonds is 4. The van der Waals surface area contributed by atoms with Crippen LogP contribution in [0.3, 0.4) is 0 Å². The number of carbonyl (C=O) groups is 1. The fraction of sp³-hybridized carbons (Fsp3) is 0.381. The Bertz CT molecular complexity index is 1040. The van der Waals surface area contributed by atoms with Gasteiger partial charge in [0.1, 0.15) is 5.65 Å². The Morgan fingerprint density at radius 1 is 1.29 bits per heavy atom. The van der Waals surface area contributed by atoms with E-state index in [1.54, 1.807) is 4.90 Å². The lowest BCUT2D eigenvalue weighted by atomic mass is 9.98. The predicted molar refractivity (Wildman–Crippen MR) is 105 cm³/mol. The lowest BCUT2D eigenvalue weighted by Gasteiger charge is -2.27. The molecule has 2 aliphatic rings. The molecule has 1 amide bonds. The summed E-state index contributed by atoms with van der Waals surface area (Å²) in [7, 11) is 0. The van der Waals surface area contributed by atoms with Crippen molar-refractivity contribution in [2.45, 2.75) is 25.9 Å². The molecule has 7 heteroatoms. The lowest BCUT2D eigenvalue weighted by molar-refractivity contribution is -0.119. The second kappa shape index (κ2) is 7.00. The number of pyridine rings is 2. The molecule has 144 valence electrons. The number of aromatic amines is 1. The molecule has 3 aromatic heterocycles. The maximum atomic E-state index is 12.6. The molecule has 5 heterocycles. The zero-order chi connectivity index (χ0) is 19.1. The van der Waals surface area contributed by atoms with Gasteiger partial charge in [0.15, 0.2) is 0 Å². The van der Waals surface area contributed by atoms with Gasteiger partial charge in [0.2, 0.25) is 5.91 Å². The first kappa shape index (κ1) is 17.3. The van der Waals surface area contributed by atoms with E-state index in [-0.39, 0.29) is 12.0 Å². The number of aryl methyl sites for hydroxylation is 1. The van der Waals surface area contributed by atoms with Gasteiger partial charge in [-0.25, -0.2) is 4.98 Å². The van der Waals surface area contributed by atoms with Crippen LogP contribution in [0.25, 0.3) is 22.2 Å². The summed E-state index contributed by atoms with van der Waals surface area (Å²) in [5, 5.41) is 1.13. The maximum Gasteiger partial charge on any atom is 0.233 e. The molecule has 1 saturated heterocycles. The minimum atomic E-state index is -0.101. The normalized spacial score (nSPS) is 19.4. The van der Waals surface area contributed by atoms with Crippen molar-refractivity contribution in [1.82, 2.24) is 15.0 Å². The van der Waals surface area contributed by atoms with E-state index in [4.69, 9.17) is 9.47 Å². The smallest absolute Gasteiger partial charge is 0.233 e. The number of nitrogens with zero attached hydrogens (tertiary/aromatic N) is 3. The van der Waals surface area contributed by atoms with Crippen molar-refractivity contribution in [2.24, 2.45) is 0 Å². The van der Waals surface area contributed by atoms with Crippen LogP contribution in [0.2, 0.25) is 0 Å². The molecule has 1 atom stereocenters. The Labute approximate surface area is 162 Å². The lowest BCUT2D eigenvalue weighted by Crippen LogP contribution is -2.41. The van der Waals surface area contributed by atoms with Crippen molar-refractivity contribution in [2.75, 3.05) is 31.3 Å². The van der Waals surface area contributed by atoms with Gasteiger partial charge in [-0.15, -0.1) is 0 Å². The summed E-state index contributed by atoms with van der Waals surface area (Å²) in [4.78, 5) is 26.7. The summed E-state index contributed by atoms with van der Waals surface area (Å²) >= 11 is 0. The van der Waals surface area contributed by atoms with Crippen molar-refractivity contribution in [3.63, 3.8) is 0 Å². The van der Waals surface area contributed by atoms with E-state index in [9.17, 15) is 4.79 Å². The minimum absolute atomic E-state index is 0.0590. The number of hydrogen-bond acceptors (Lipinski definition) is 5. The van der Waals surface area contributed by atoms with Gasteiger partial charge >= 0.3 is 0 Å².